The molecule has 1 heterocycles. The fourth-order valence-electron chi connectivity index (χ4n) is 2.45. The molecule has 0 bridgehead atoms. The van der Waals surface area contributed by atoms with Gasteiger partial charge in [-0.3, -0.25) is 4.79 Å². The molecule has 4 N–H and O–H groups in total. The van der Waals surface area contributed by atoms with Crippen molar-refractivity contribution in [3.05, 3.63) is 16.0 Å². The van der Waals surface area contributed by atoms with E-state index in [-0.39, 0.29) is 11.3 Å². The maximum absolute atomic E-state index is 11.4. The van der Waals surface area contributed by atoms with Gasteiger partial charge in [0.1, 0.15) is 0 Å². The third-order valence-corrected chi connectivity index (χ3v) is 4.22. The number of hydrogen-bond acceptors (Lipinski definition) is 3. The number of thiophene rings is 1. The van der Waals surface area contributed by atoms with E-state index in [1.165, 1.54) is 16.2 Å². The predicted molar refractivity (Wildman–Crippen MR) is 63.2 cm³/mol. The molecule has 2 rings (SSSR count). The number of rotatable bonds is 1. The van der Waals surface area contributed by atoms with Crippen molar-refractivity contribution in [1.29, 1.82) is 0 Å². The van der Waals surface area contributed by atoms with Crippen LogP contribution in [0.1, 0.15) is 47.5 Å². The summed E-state index contributed by atoms with van der Waals surface area (Å²) < 4.78 is 0. The molecular formula is C11H16N2OS. The molecule has 0 radical (unpaired) electrons. The molecular weight excluding hydrogens is 208 g/mol. The Labute approximate surface area is 93.5 Å². The Kier molecular flexibility index (Phi) is 2.26. The summed E-state index contributed by atoms with van der Waals surface area (Å²) in [4.78, 5) is 12.6. The van der Waals surface area contributed by atoms with Gasteiger partial charge in [0, 0.05) is 4.88 Å². The van der Waals surface area contributed by atoms with Crippen LogP contribution in [0, 0.1) is 0 Å². The van der Waals surface area contributed by atoms with E-state index in [2.05, 4.69) is 13.8 Å². The number of aryl methyl sites for hydroxylation is 1. The Balaban J connectivity index is 2.67. The molecule has 82 valence electrons. The minimum atomic E-state index is -0.389. The summed E-state index contributed by atoms with van der Waals surface area (Å²) >= 11 is 1.52. The molecule has 0 saturated heterocycles. The molecule has 1 aliphatic rings. The molecule has 4 heteroatoms. The number of primary amides is 1. The molecule has 0 saturated carbocycles. The first-order valence-corrected chi connectivity index (χ1v) is 5.96. The molecule has 15 heavy (non-hydrogen) atoms. The van der Waals surface area contributed by atoms with Gasteiger partial charge in [0.05, 0.1) is 10.6 Å². The van der Waals surface area contributed by atoms with Gasteiger partial charge in [0.2, 0.25) is 0 Å². The average molecular weight is 224 g/mol. The van der Waals surface area contributed by atoms with Gasteiger partial charge in [0.15, 0.2) is 0 Å². The SMILES string of the molecule is CC1(C)CCCc2sc(N)c(C(N)=O)c21. The van der Waals surface area contributed by atoms with Crippen molar-refractivity contribution in [3.63, 3.8) is 0 Å². The first-order chi connectivity index (χ1) is 6.93. The lowest BCUT2D eigenvalue weighted by Crippen LogP contribution is -2.27. The van der Waals surface area contributed by atoms with E-state index >= 15 is 0 Å². The van der Waals surface area contributed by atoms with Crippen LogP contribution in [-0.2, 0) is 11.8 Å². The van der Waals surface area contributed by atoms with Gasteiger partial charge in [-0.25, -0.2) is 0 Å². The van der Waals surface area contributed by atoms with Crippen LogP contribution in [0.5, 0.6) is 0 Å². The summed E-state index contributed by atoms with van der Waals surface area (Å²) in [6, 6.07) is 0. The molecule has 0 spiro atoms. The number of fused-ring (bicyclic) bond motifs is 1. The Bertz CT molecular complexity index is 420. The van der Waals surface area contributed by atoms with E-state index in [0.717, 1.165) is 24.8 Å². The number of amides is 1. The van der Waals surface area contributed by atoms with Gasteiger partial charge < -0.3 is 11.5 Å². The summed E-state index contributed by atoms with van der Waals surface area (Å²) in [5.74, 6) is -0.389. The highest BCUT2D eigenvalue weighted by atomic mass is 32.1. The maximum atomic E-state index is 11.4. The standard InChI is InChI=1S/C11H16N2OS/c1-11(2)5-3-4-6-8(11)7(9(12)14)10(13)15-6/h3-5,13H2,1-2H3,(H2,12,14). The van der Waals surface area contributed by atoms with E-state index in [0.29, 0.717) is 10.6 Å². The predicted octanol–water partition coefficient (Wildman–Crippen LogP) is 2.04. The smallest absolute Gasteiger partial charge is 0.251 e. The fourth-order valence-corrected chi connectivity index (χ4v) is 3.75. The normalized spacial score (nSPS) is 18.5. The van der Waals surface area contributed by atoms with Crippen LogP contribution in [0.15, 0.2) is 0 Å². The molecule has 0 aliphatic heterocycles. The van der Waals surface area contributed by atoms with E-state index in [4.69, 9.17) is 11.5 Å². The van der Waals surface area contributed by atoms with Crippen molar-refractivity contribution in [3.8, 4) is 0 Å². The lowest BCUT2D eigenvalue weighted by Gasteiger charge is -2.30. The number of carbonyl (C=O) groups is 1. The zero-order valence-corrected chi connectivity index (χ0v) is 9.91. The Morgan fingerprint density at radius 2 is 2.13 bits per heavy atom. The number of nitrogens with two attached hydrogens (primary N) is 2. The third kappa shape index (κ3) is 1.53. The van der Waals surface area contributed by atoms with Gasteiger partial charge >= 0.3 is 0 Å². The monoisotopic (exact) mass is 224 g/mol. The Hall–Kier alpha value is -1.03. The summed E-state index contributed by atoms with van der Waals surface area (Å²) in [7, 11) is 0. The lowest BCUT2D eigenvalue weighted by molar-refractivity contribution is 0.0999. The van der Waals surface area contributed by atoms with Gasteiger partial charge in [-0.15, -0.1) is 11.3 Å². The first-order valence-electron chi connectivity index (χ1n) is 5.15. The van der Waals surface area contributed by atoms with Crippen LogP contribution in [0.25, 0.3) is 0 Å². The molecule has 0 unspecified atom stereocenters. The van der Waals surface area contributed by atoms with Crippen molar-refractivity contribution in [2.45, 2.75) is 38.5 Å². The number of anilines is 1. The Morgan fingerprint density at radius 3 is 2.73 bits per heavy atom. The molecule has 1 amide bonds. The van der Waals surface area contributed by atoms with Crippen LogP contribution < -0.4 is 11.5 Å². The summed E-state index contributed by atoms with van der Waals surface area (Å²) in [5, 5.41) is 0.586. The van der Waals surface area contributed by atoms with E-state index in [1.807, 2.05) is 0 Å². The van der Waals surface area contributed by atoms with E-state index < -0.39 is 0 Å². The lowest BCUT2D eigenvalue weighted by atomic mass is 9.74. The molecule has 0 atom stereocenters. The molecule has 1 aliphatic carbocycles. The molecule has 0 fully saturated rings. The number of nitrogen functional groups attached to an aromatic ring is 1. The highest BCUT2D eigenvalue weighted by Gasteiger charge is 2.34. The molecule has 0 aromatic carbocycles. The van der Waals surface area contributed by atoms with Crippen molar-refractivity contribution in [2.75, 3.05) is 5.73 Å². The largest absolute Gasteiger partial charge is 0.390 e. The van der Waals surface area contributed by atoms with Crippen LogP contribution >= 0.6 is 11.3 Å². The Morgan fingerprint density at radius 1 is 1.47 bits per heavy atom. The second-order valence-electron chi connectivity index (χ2n) is 4.74. The summed E-state index contributed by atoms with van der Waals surface area (Å²) in [6.45, 7) is 4.31. The minimum absolute atomic E-state index is 0.0338. The van der Waals surface area contributed by atoms with Crippen molar-refractivity contribution >= 4 is 22.2 Å². The fraction of sp³-hybridized carbons (Fsp3) is 0.545. The van der Waals surface area contributed by atoms with Gasteiger partial charge in [-0.1, -0.05) is 13.8 Å². The number of carbonyl (C=O) groups excluding carboxylic acids is 1. The second-order valence-corrected chi connectivity index (χ2v) is 5.88. The zero-order chi connectivity index (χ0) is 11.2. The van der Waals surface area contributed by atoms with Gasteiger partial charge in [-0.2, -0.15) is 0 Å². The van der Waals surface area contributed by atoms with Crippen LogP contribution in [0.4, 0.5) is 5.00 Å². The highest BCUT2D eigenvalue weighted by molar-refractivity contribution is 7.16. The maximum Gasteiger partial charge on any atom is 0.251 e. The van der Waals surface area contributed by atoms with Gasteiger partial charge in [0.25, 0.3) is 5.91 Å². The molecule has 1 aromatic rings. The number of hydrogen-bond donors (Lipinski definition) is 2. The zero-order valence-electron chi connectivity index (χ0n) is 9.09. The quantitative estimate of drug-likeness (QED) is 0.766. The second kappa shape index (κ2) is 3.23. The van der Waals surface area contributed by atoms with E-state index in [9.17, 15) is 4.79 Å². The van der Waals surface area contributed by atoms with Gasteiger partial charge in [-0.05, 0) is 30.2 Å². The summed E-state index contributed by atoms with van der Waals surface area (Å²) in [5.41, 5.74) is 13.0. The van der Waals surface area contributed by atoms with Crippen molar-refractivity contribution < 1.29 is 4.79 Å². The highest BCUT2D eigenvalue weighted by Crippen LogP contribution is 2.45. The van der Waals surface area contributed by atoms with Crippen molar-refractivity contribution in [2.24, 2.45) is 5.73 Å². The van der Waals surface area contributed by atoms with Crippen LogP contribution in [-0.4, -0.2) is 5.91 Å². The molecule has 1 aromatic heterocycles. The van der Waals surface area contributed by atoms with Crippen LogP contribution in [0.2, 0.25) is 0 Å². The van der Waals surface area contributed by atoms with Crippen LogP contribution in [0.3, 0.4) is 0 Å². The minimum Gasteiger partial charge on any atom is -0.390 e. The average Bonchev–Trinajstić information content (AvgIpc) is 2.42. The summed E-state index contributed by atoms with van der Waals surface area (Å²) in [6.07, 6.45) is 3.29. The van der Waals surface area contributed by atoms with Crippen molar-refractivity contribution in [1.82, 2.24) is 0 Å². The van der Waals surface area contributed by atoms with E-state index in [1.54, 1.807) is 0 Å². The molecule has 3 nitrogen and oxygen atoms in total. The topological polar surface area (TPSA) is 69.1 Å². The third-order valence-electron chi connectivity index (χ3n) is 3.14. The first kappa shape index (κ1) is 10.5.